The SMILES string of the molecule is O=C(NCCc1ccc(F)cc1F)NC1CCC(CO)CC1. The van der Waals surface area contributed by atoms with Crippen molar-refractivity contribution in [2.45, 2.75) is 38.1 Å². The van der Waals surface area contributed by atoms with Crippen LogP contribution in [0.15, 0.2) is 18.2 Å². The van der Waals surface area contributed by atoms with Crippen LogP contribution in [0.2, 0.25) is 0 Å². The van der Waals surface area contributed by atoms with Crippen LogP contribution in [0.4, 0.5) is 13.6 Å². The van der Waals surface area contributed by atoms with Crippen molar-refractivity contribution >= 4 is 6.03 Å². The molecule has 0 saturated heterocycles. The summed E-state index contributed by atoms with van der Waals surface area (Å²) in [6, 6.07) is 3.30. The highest BCUT2D eigenvalue weighted by atomic mass is 19.1. The Bertz CT molecular complexity index is 503. The predicted molar refractivity (Wildman–Crippen MR) is 79.4 cm³/mol. The molecular formula is C16H22F2N2O2. The van der Waals surface area contributed by atoms with E-state index >= 15 is 0 Å². The molecule has 0 heterocycles. The van der Waals surface area contributed by atoms with Gasteiger partial charge in [-0.25, -0.2) is 13.6 Å². The Morgan fingerprint density at radius 3 is 2.59 bits per heavy atom. The van der Waals surface area contributed by atoms with Crippen LogP contribution in [-0.4, -0.2) is 30.3 Å². The van der Waals surface area contributed by atoms with Gasteiger partial charge in [0, 0.05) is 25.3 Å². The summed E-state index contributed by atoms with van der Waals surface area (Å²) >= 11 is 0. The minimum Gasteiger partial charge on any atom is -0.396 e. The first-order valence-electron chi connectivity index (χ1n) is 7.67. The van der Waals surface area contributed by atoms with Gasteiger partial charge in [-0.1, -0.05) is 6.07 Å². The molecule has 4 nitrogen and oxygen atoms in total. The van der Waals surface area contributed by atoms with Crippen molar-refractivity contribution in [2.24, 2.45) is 5.92 Å². The van der Waals surface area contributed by atoms with Gasteiger partial charge in [-0.15, -0.1) is 0 Å². The van der Waals surface area contributed by atoms with Crippen molar-refractivity contribution < 1.29 is 18.7 Å². The fourth-order valence-electron chi connectivity index (χ4n) is 2.76. The number of carbonyl (C=O) groups excluding carboxylic acids is 1. The zero-order valence-corrected chi connectivity index (χ0v) is 12.4. The molecule has 1 aliphatic carbocycles. The van der Waals surface area contributed by atoms with Crippen LogP contribution in [0.25, 0.3) is 0 Å². The van der Waals surface area contributed by atoms with E-state index in [-0.39, 0.29) is 18.7 Å². The molecule has 1 aromatic rings. The number of urea groups is 1. The van der Waals surface area contributed by atoms with Crippen LogP contribution in [-0.2, 0) is 6.42 Å². The van der Waals surface area contributed by atoms with Crippen molar-refractivity contribution in [1.29, 1.82) is 0 Å². The second kappa shape index (κ2) is 8.08. The van der Waals surface area contributed by atoms with E-state index in [9.17, 15) is 13.6 Å². The first-order chi connectivity index (χ1) is 10.6. The number of nitrogens with one attached hydrogen (secondary N) is 2. The third kappa shape index (κ3) is 4.94. The van der Waals surface area contributed by atoms with Gasteiger partial charge in [0.05, 0.1) is 0 Å². The highest BCUT2D eigenvalue weighted by molar-refractivity contribution is 5.74. The highest BCUT2D eigenvalue weighted by Gasteiger charge is 2.21. The lowest BCUT2D eigenvalue weighted by Crippen LogP contribution is -2.44. The zero-order chi connectivity index (χ0) is 15.9. The van der Waals surface area contributed by atoms with E-state index in [1.54, 1.807) is 0 Å². The number of aliphatic hydroxyl groups excluding tert-OH is 1. The summed E-state index contributed by atoms with van der Waals surface area (Å²) in [4.78, 5) is 11.8. The second-order valence-electron chi connectivity index (χ2n) is 5.79. The van der Waals surface area contributed by atoms with Crippen molar-refractivity contribution in [2.75, 3.05) is 13.2 Å². The van der Waals surface area contributed by atoms with Gasteiger partial charge in [-0.05, 0) is 49.7 Å². The van der Waals surface area contributed by atoms with E-state index < -0.39 is 11.6 Å². The van der Waals surface area contributed by atoms with Crippen LogP contribution in [0, 0.1) is 17.6 Å². The van der Waals surface area contributed by atoms with E-state index in [2.05, 4.69) is 10.6 Å². The van der Waals surface area contributed by atoms with Crippen LogP contribution in [0.5, 0.6) is 0 Å². The van der Waals surface area contributed by atoms with Crippen molar-refractivity contribution in [3.8, 4) is 0 Å². The molecule has 0 spiro atoms. The van der Waals surface area contributed by atoms with Gasteiger partial charge < -0.3 is 15.7 Å². The van der Waals surface area contributed by atoms with Crippen molar-refractivity contribution in [1.82, 2.24) is 10.6 Å². The van der Waals surface area contributed by atoms with Gasteiger partial charge >= 0.3 is 6.03 Å². The second-order valence-corrected chi connectivity index (χ2v) is 5.79. The normalized spacial score (nSPS) is 21.4. The molecule has 1 fully saturated rings. The molecule has 3 N–H and O–H groups in total. The topological polar surface area (TPSA) is 61.4 Å². The molecule has 0 unspecified atom stereocenters. The third-order valence-electron chi connectivity index (χ3n) is 4.14. The average Bonchev–Trinajstić information content (AvgIpc) is 2.50. The molecule has 0 radical (unpaired) electrons. The molecule has 2 amide bonds. The number of benzene rings is 1. The molecule has 6 heteroatoms. The maximum absolute atomic E-state index is 13.4. The molecule has 0 bridgehead atoms. The molecular weight excluding hydrogens is 290 g/mol. The fraction of sp³-hybridized carbons (Fsp3) is 0.562. The molecule has 1 aliphatic rings. The molecule has 0 aliphatic heterocycles. The Kier molecular flexibility index (Phi) is 6.12. The monoisotopic (exact) mass is 312 g/mol. The molecule has 2 rings (SSSR count). The summed E-state index contributed by atoms with van der Waals surface area (Å²) in [5.41, 5.74) is 0.380. The minimum absolute atomic E-state index is 0.130. The maximum atomic E-state index is 13.4. The molecule has 1 saturated carbocycles. The van der Waals surface area contributed by atoms with Crippen LogP contribution < -0.4 is 10.6 Å². The third-order valence-corrected chi connectivity index (χ3v) is 4.14. The summed E-state index contributed by atoms with van der Waals surface area (Å²) in [5.74, 6) is -0.850. The standard InChI is InChI=1S/C16H22F2N2O2/c17-13-4-3-12(15(18)9-13)7-8-19-16(22)20-14-5-1-11(10-21)2-6-14/h3-4,9,11,14,21H,1-2,5-8,10H2,(H2,19,20,22). The van der Waals surface area contributed by atoms with Gasteiger partial charge in [0.1, 0.15) is 11.6 Å². The number of aliphatic hydroxyl groups is 1. The number of hydrogen-bond donors (Lipinski definition) is 3. The Balaban J connectivity index is 1.67. The molecule has 1 aromatic carbocycles. The van der Waals surface area contributed by atoms with Crippen LogP contribution >= 0.6 is 0 Å². The lowest BCUT2D eigenvalue weighted by atomic mass is 9.87. The summed E-state index contributed by atoms with van der Waals surface area (Å²) in [6.45, 7) is 0.503. The Morgan fingerprint density at radius 2 is 1.95 bits per heavy atom. The lowest BCUT2D eigenvalue weighted by molar-refractivity contribution is 0.174. The first-order valence-corrected chi connectivity index (χ1v) is 7.67. The van der Waals surface area contributed by atoms with E-state index in [4.69, 9.17) is 5.11 Å². The Morgan fingerprint density at radius 1 is 1.23 bits per heavy atom. The Hall–Kier alpha value is -1.69. The fourth-order valence-corrected chi connectivity index (χ4v) is 2.76. The molecule has 0 atom stereocenters. The van der Waals surface area contributed by atoms with Crippen molar-refractivity contribution in [3.63, 3.8) is 0 Å². The van der Waals surface area contributed by atoms with Gasteiger partial charge in [0.25, 0.3) is 0 Å². The summed E-state index contributed by atoms with van der Waals surface area (Å²) in [7, 11) is 0. The van der Waals surface area contributed by atoms with E-state index in [0.29, 0.717) is 24.4 Å². The smallest absolute Gasteiger partial charge is 0.315 e. The van der Waals surface area contributed by atoms with Gasteiger partial charge in [-0.3, -0.25) is 0 Å². The van der Waals surface area contributed by atoms with E-state index in [1.807, 2.05) is 0 Å². The largest absolute Gasteiger partial charge is 0.396 e. The number of rotatable bonds is 5. The quantitative estimate of drug-likeness (QED) is 0.781. The summed E-state index contributed by atoms with van der Waals surface area (Å²) < 4.78 is 26.2. The van der Waals surface area contributed by atoms with Gasteiger partial charge in [0.15, 0.2) is 0 Å². The molecule has 22 heavy (non-hydrogen) atoms. The zero-order valence-electron chi connectivity index (χ0n) is 12.4. The van der Waals surface area contributed by atoms with Crippen molar-refractivity contribution in [3.05, 3.63) is 35.4 Å². The lowest BCUT2D eigenvalue weighted by Gasteiger charge is -2.27. The number of halogens is 2. The summed E-state index contributed by atoms with van der Waals surface area (Å²) in [6.07, 6.45) is 3.89. The Labute approximate surface area is 128 Å². The van der Waals surface area contributed by atoms with Gasteiger partial charge in [-0.2, -0.15) is 0 Å². The van der Waals surface area contributed by atoms with E-state index in [1.165, 1.54) is 12.1 Å². The predicted octanol–water partition coefficient (Wildman–Crippen LogP) is 2.36. The number of carbonyl (C=O) groups is 1. The number of hydrogen-bond acceptors (Lipinski definition) is 2. The highest BCUT2D eigenvalue weighted by Crippen LogP contribution is 2.23. The maximum Gasteiger partial charge on any atom is 0.315 e. The first kappa shape index (κ1) is 16.7. The van der Waals surface area contributed by atoms with Crippen LogP contribution in [0.3, 0.4) is 0 Å². The molecule has 0 aromatic heterocycles. The van der Waals surface area contributed by atoms with Gasteiger partial charge in [0.2, 0.25) is 0 Å². The summed E-state index contributed by atoms with van der Waals surface area (Å²) in [5, 5.41) is 14.6. The average molecular weight is 312 g/mol. The molecule has 122 valence electrons. The number of amides is 2. The van der Waals surface area contributed by atoms with E-state index in [0.717, 1.165) is 31.7 Å². The van der Waals surface area contributed by atoms with Crippen LogP contribution in [0.1, 0.15) is 31.2 Å². The minimum atomic E-state index is -0.606.